The van der Waals surface area contributed by atoms with Gasteiger partial charge in [-0.3, -0.25) is 23.4 Å². The van der Waals surface area contributed by atoms with Gasteiger partial charge in [-0.15, -0.1) is 0 Å². The fourth-order valence-electron chi connectivity index (χ4n) is 6.23. The Morgan fingerprint density at radius 1 is 0.730 bits per heavy atom. The van der Waals surface area contributed by atoms with Gasteiger partial charge >= 0.3 is 65.5 Å². The van der Waals surface area contributed by atoms with Crippen molar-refractivity contribution in [2.45, 2.75) is 95.7 Å². The molecule has 10 atom stereocenters. The Morgan fingerprint density at radius 2 is 1.32 bits per heavy atom. The Kier molecular flexibility index (Phi) is 20.8. The topological polar surface area (TPSA) is 302 Å². The third-order valence-corrected chi connectivity index (χ3v) is 9.06. The number of amides is 2. The zero-order valence-electron chi connectivity index (χ0n) is 34.9. The van der Waals surface area contributed by atoms with Crippen LogP contribution in [0.3, 0.4) is 0 Å². The third-order valence-electron chi connectivity index (χ3n) is 8.64. The van der Waals surface area contributed by atoms with Crippen molar-refractivity contribution in [2.75, 3.05) is 26.9 Å². The van der Waals surface area contributed by atoms with Gasteiger partial charge in [0.25, 0.3) is 0 Å². The molecule has 2 heterocycles. The second-order valence-corrected chi connectivity index (χ2v) is 14.4. The molecule has 2 saturated heterocycles. The van der Waals surface area contributed by atoms with Gasteiger partial charge in [-0.2, -0.15) is 0 Å². The van der Waals surface area contributed by atoms with Crippen molar-refractivity contribution in [3.8, 4) is 0 Å². The van der Waals surface area contributed by atoms with Crippen LogP contribution < -0.4 is 40.2 Å². The first kappa shape index (κ1) is 52.6. The van der Waals surface area contributed by atoms with Crippen LogP contribution in [0.25, 0.3) is 0 Å². The molecule has 2 aromatic rings. The number of hydrogen-bond acceptors (Lipinski definition) is 21. The van der Waals surface area contributed by atoms with Gasteiger partial charge in [0.1, 0.15) is 24.9 Å². The molecule has 23 nitrogen and oxygen atoms in total. The van der Waals surface area contributed by atoms with Gasteiger partial charge in [-0.25, -0.2) is 22.8 Å². The van der Waals surface area contributed by atoms with E-state index in [2.05, 4.69) is 14.8 Å². The molecule has 2 aliphatic heterocycles. The summed E-state index contributed by atoms with van der Waals surface area (Å²) >= 11 is 0. The number of ether oxygens (including phenoxy) is 10. The summed E-state index contributed by atoms with van der Waals surface area (Å²) in [6, 6.07) is 14.4. The number of rotatable bonds is 18. The minimum absolute atomic E-state index is 0. The maximum absolute atomic E-state index is 13.6. The standard InChI is InChI=1S/C38H46N2O21S.Na/c1-20(41)40-27-29(60-37-33(57-23(4)44)31(56-22(3)43)30(55-21(2)42)32(61-37)35(46)51-5)28(59-34(45)25-14-10-7-11-15-25)26(19-54-62(48,49)50)58-36(27)52-17-16-39-38(47)53-18-24-12-8-6-9-13-24;/h6-15,26-33,36-37H,16-19H2,1-5H3,(H,39,47)(H,40,41)(H,48,49,50);/q;+1/p-1/t26-,27-,28+,29-,30+,31+,32+,33-,36-,37-;/m1./s1. The smallest absolute Gasteiger partial charge is 0.726 e. The van der Waals surface area contributed by atoms with Crippen molar-refractivity contribution >= 4 is 52.2 Å². The molecule has 0 aliphatic carbocycles. The molecule has 4 rings (SSSR count). The second-order valence-electron chi connectivity index (χ2n) is 13.3. The van der Waals surface area contributed by atoms with Crippen LogP contribution in [0.2, 0.25) is 0 Å². The molecule has 2 amide bonds. The number of benzene rings is 2. The SMILES string of the molecule is COC(=O)[C@H]1O[C@@H](O[C@@H]2[C@@H](NC(C)=O)[C@H](OCCNC(=O)OCc3ccccc3)O[C@H](COS(=O)(=O)[O-])[C@@H]2OC(=O)c2ccccc2)[C@H](OC(C)=O)[C@@H](OC(C)=O)[C@@H]1OC(C)=O.[Na+]. The first-order valence-electron chi connectivity index (χ1n) is 18.6. The molecule has 2 aromatic carbocycles. The maximum atomic E-state index is 13.6. The predicted octanol–water partition coefficient (Wildman–Crippen LogP) is -3.06. The number of hydrogen-bond donors (Lipinski definition) is 2. The molecule has 0 saturated carbocycles. The number of carbonyl (C=O) groups is 7. The Bertz CT molecular complexity index is 1990. The first-order valence-corrected chi connectivity index (χ1v) is 20.0. The molecule has 63 heavy (non-hydrogen) atoms. The van der Waals surface area contributed by atoms with E-state index in [1.165, 1.54) is 24.3 Å². The number of alkyl carbamates (subject to hydrolysis) is 1. The normalized spacial score (nSPS) is 25.4. The molecule has 340 valence electrons. The largest absolute Gasteiger partial charge is 1.00 e. The van der Waals surface area contributed by atoms with Crippen molar-refractivity contribution in [1.29, 1.82) is 0 Å². The Labute approximate surface area is 383 Å². The summed E-state index contributed by atoms with van der Waals surface area (Å²) in [5, 5.41) is 4.98. The number of esters is 5. The van der Waals surface area contributed by atoms with Gasteiger partial charge in [0.15, 0.2) is 43.1 Å². The minimum atomic E-state index is -5.46. The van der Waals surface area contributed by atoms with E-state index in [9.17, 15) is 46.5 Å². The molecule has 0 unspecified atom stereocenters. The van der Waals surface area contributed by atoms with E-state index in [0.717, 1.165) is 34.8 Å². The van der Waals surface area contributed by atoms with Gasteiger partial charge < -0.3 is 62.6 Å². The van der Waals surface area contributed by atoms with E-state index in [0.29, 0.717) is 5.56 Å². The summed E-state index contributed by atoms with van der Waals surface area (Å²) in [6.07, 6.45) is -17.9. The van der Waals surface area contributed by atoms with Crippen molar-refractivity contribution in [3.05, 3.63) is 71.8 Å². The van der Waals surface area contributed by atoms with Crippen molar-refractivity contribution in [3.63, 3.8) is 0 Å². The van der Waals surface area contributed by atoms with E-state index < -0.39 is 127 Å². The van der Waals surface area contributed by atoms with E-state index in [4.69, 9.17) is 47.4 Å². The van der Waals surface area contributed by atoms with E-state index >= 15 is 0 Å². The molecule has 0 radical (unpaired) electrons. The molecule has 2 N–H and O–H groups in total. The first-order chi connectivity index (χ1) is 29.4. The van der Waals surface area contributed by atoms with Crippen LogP contribution in [0.4, 0.5) is 4.79 Å². The molecule has 2 aliphatic rings. The van der Waals surface area contributed by atoms with Gasteiger partial charge in [0.2, 0.25) is 16.3 Å². The summed E-state index contributed by atoms with van der Waals surface area (Å²) in [6.45, 7) is 2.03. The van der Waals surface area contributed by atoms with Gasteiger partial charge in [-0.1, -0.05) is 48.5 Å². The monoisotopic (exact) mass is 920 g/mol. The molecule has 2 fully saturated rings. The molecule has 0 spiro atoms. The Hall–Kier alpha value is -4.76. The molecular formula is C38H45N2NaO21S. The zero-order chi connectivity index (χ0) is 45.6. The second kappa shape index (κ2) is 24.9. The van der Waals surface area contributed by atoms with Gasteiger partial charge in [0, 0.05) is 34.2 Å². The number of carbonyl (C=O) groups excluding carboxylic acids is 7. The van der Waals surface area contributed by atoms with Crippen LogP contribution in [0.1, 0.15) is 43.6 Å². The van der Waals surface area contributed by atoms with E-state index in [1.807, 2.05) is 0 Å². The van der Waals surface area contributed by atoms with Crippen LogP contribution in [0, 0.1) is 0 Å². The summed E-state index contributed by atoms with van der Waals surface area (Å²) in [5.74, 6) is -6.12. The number of nitrogens with one attached hydrogen (secondary N) is 2. The number of methoxy groups -OCH3 is 1. The van der Waals surface area contributed by atoms with Crippen LogP contribution >= 0.6 is 0 Å². The van der Waals surface area contributed by atoms with Gasteiger partial charge in [-0.05, 0) is 17.7 Å². The summed E-state index contributed by atoms with van der Waals surface area (Å²) in [5.41, 5.74) is 0.644. The minimum Gasteiger partial charge on any atom is -0.726 e. The summed E-state index contributed by atoms with van der Waals surface area (Å²) in [7, 11) is -4.51. The van der Waals surface area contributed by atoms with Crippen LogP contribution in [0.5, 0.6) is 0 Å². The van der Waals surface area contributed by atoms with E-state index in [1.54, 1.807) is 36.4 Å². The molecular weight excluding hydrogens is 875 g/mol. The van der Waals surface area contributed by atoms with Crippen molar-refractivity contribution in [2.24, 2.45) is 0 Å². The molecule has 25 heteroatoms. The van der Waals surface area contributed by atoms with Crippen LogP contribution in [-0.2, 0) is 92.5 Å². The fourth-order valence-corrected chi connectivity index (χ4v) is 6.54. The fraction of sp³-hybridized carbons (Fsp3) is 0.500. The Morgan fingerprint density at radius 3 is 1.89 bits per heavy atom. The van der Waals surface area contributed by atoms with Crippen LogP contribution in [-0.4, -0.2) is 143 Å². The molecule has 0 aromatic heterocycles. The quantitative estimate of drug-likeness (QED) is 0.0375. The molecule has 0 bridgehead atoms. The maximum Gasteiger partial charge on any atom is 1.00 e. The third kappa shape index (κ3) is 16.4. The van der Waals surface area contributed by atoms with Crippen molar-refractivity contribution < 1.29 is 128 Å². The summed E-state index contributed by atoms with van der Waals surface area (Å²) in [4.78, 5) is 89.3. The average Bonchev–Trinajstić information content (AvgIpc) is 3.21. The zero-order valence-corrected chi connectivity index (χ0v) is 37.7. The van der Waals surface area contributed by atoms with E-state index in [-0.39, 0.29) is 48.3 Å². The summed E-state index contributed by atoms with van der Waals surface area (Å²) < 4.78 is 95.9. The average molecular weight is 921 g/mol. The Balaban J connectivity index is 0.0000106. The van der Waals surface area contributed by atoms with Gasteiger partial charge in [0.05, 0.1) is 25.9 Å². The van der Waals surface area contributed by atoms with Crippen LogP contribution in [0.15, 0.2) is 60.7 Å². The predicted molar refractivity (Wildman–Crippen MR) is 200 cm³/mol. The van der Waals surface area contributed by atoms with Crippen molar-refractivity contribution in [1.82, 2.24) is 10.6 Å².